The van der Waals surface area contributed by atoms with Crippen molar-refractivity contribution in [1.29, 1.82) is 0 Å². The molecule has 2 unspecified atom stereocenters. The molecule has 2 atom stereocenters. The second kappa shape index (κ2) is 7.74. The van der Waals surface area contributed by atoms with Gasteiger partial charge in [-0.15, -0.1) is 0 Å². The fourth-order valence-corrected chi connectivity index (χ4v) is 2.39. The van der Waals surface area contributed by atoms with E-state index in [1.165, 1.54) is 12.8 Å². The van der Waals surface area contributed by atoms with E-state index in [9.17, 15) is 4.79 Å². The van der Waals surface area contributed by atoms with Crippen LogP contribution in [0, 0.1) is 5.92 Å². The second-order valence-corrected chi connectivity index (χ2v) is 5.77. The van der Waals surface area contributed by atoms with Crippen LogP contribution >= 0.6 is 0 Å². The standard InChI is InChI=1S/C14H29N3O/c1-11(2)7-8-16-14(18)12(3)17-9-5-6-13(10-17)15-4/h11-13,15H,5-10H2,1-4H3,(H,16,18). The van der Waals surface area contributed by atoms with Crippen molar-refractivity contribution in [1.82, 2.24) is 15.5 Å². The van der Waals surface area contributed by atoms with Crippen molar-refractivity contribution in [3.05, 3.63) is 0 Å². The summed E-state index contributed by atoms with van der Waals surface area (Å²) >= 11 is 0. The van der Waals surface area contributed by atoms with Gasteiger partial charge in [-0.25, -0.2) is 0 Å². The van der Waals surface area contributed by atoms with Crippen LogP contribution in [-0.2, 0) is 4.79 Å². The largest absolute Gasteiger partial charge is 0.355 e. The molecular formula is C14H29N3O. The number of rotatable bonds is 6. The van der Waals surface area contributed by atoms with Gasteiger partial charge in [-0.1, -0.05) is 13.8 Å². The molecular weight excluding hydrogens is 226 g/mol. The molecule has 2 N–H and O–H groups in total. The molecule has 1 aliphatic rings. The highest BCUT2D eigenvalue weighted by atomic mass is 16.2. The lowest BCUT2D eigenvalue weighted by molar-refractivity contribution is -0.126. The van der Waals surface area contributed by atoms with E-state index in [0.29, 0.717) is 12.0 Å². The van der Waals surface area contributed by atoms with Gasteiger partial charge in [-0.3, -0.25) is 9.69 Å². The van der Waals surface area contributed by atoms with E-state index in [1.54, 1.807) is 0 Å². The van der Waals surface area contributed by atoms with E-state index in [0.717, 1.165) is 26.1 Å². The molecule has 0 aromatic carbocycles. The highest BCUT2D eigenvalue weighted by Crippen LogP contribution is 2.12. The van der Waals surface area contributed by atoms with Gasteiger partial charge in [0.2, 0.25) is 5.91 Å². The Hall–Kier alpha value is -0.610. The van der Waals surface area contributed by atoms with Crippen molar-refractivity contribution in [3.8, 4) is 0 Å². The summed E-state index contributed by atoms with van der Waals surface area (Å²) in [5, 5.41) is 6.36. The SMILES string of the molecule is CNC1CCCN(C(C)C(=O)NCCC(C)C)C1. The fourth-order valence-electron chi connectivity index (χ4n) is 2.39. The van der Waals surface area contributed by atoms with Gasteiger partial charge >= 0.3 is 0 Å². The minimum atomic E-state index is -0.00619. The molecule has 0 spiro atoms. The molecule has 0 saturated carbocycles. The molecule has 1 heterocycles. The first-order valence-electron chi connectivity index (χ1n) is 7.23. The Morgan fingerprint density at radius 3 is 2.72 bits per heavy atom. The van der Waals surface area contributed by atoms with Crippen molar-refractivity contribution in [3.63, 3.8) is 0 Å². The topological polar surface area (TPSA) is 44.4 Å². The fraction of sp³-hybridized carbons (Fsp3) is 0.929. The van der Waals surface area contributed by atoms with Gasteiger partial charge in [-0.2, -0.15) is 0 Å². The maximum absolute atomic E-state index is 12.0. The minimum absolute atomic E-state index is 0.00619. The normalized spacial score (nSPS) is 23.1. The second-order valence-electron chi connectivity index (χ2n) is 5.77. The zero-order valence-electron chi connectivity index (χ0n) is 12.3. The third kappa shape index (κ3) is 4.94. The Morgan fingerprint density at radius 1 is 1.39 bits per heavy atom. The molecule has 4 nitrogen and oxygen atoms in total. The Labute approximate surface area is 111 Å². The number of hydrogen-bond acceptors (Lipinski definition) is 3. The van der Waals surface area contributed by atoms with Crippen molar-refractivity contribution in [2.75, 3.05) is 26.7 Å². The molecule has 0 aromatic heterocycles. The van der Waals surface area contributed by atoms with Gasteiger partial charge in [0.25, 0.3) is 0 Å². The monoisotopic (exact) mass is 255 g/mol. The maximum Gasteiger partial charge on any atom is 0.237 e. The molecule has 1 fully saturated rings. The Morgan fingerprint density at radius 2 is 2.11 bits per heavy atom. The molecule has 1 amide bonds. The van der Waals surface area contributed by atoms with Crippen LogP contribution in [0.15, 0.2) is 0 Å². The van der Waals surface area contributed by atoms with Crippen molar-refractivity contribution >= 4 is 5.91 Å². The van der Waals surface area contributed by atoms with Crippen LogP contribution in [0.2, 0.25) is 0 Å². The molecule has 106 valence electrons. The Balaban J connectivity index is 2.33. The number of carbonyl (C=O) groups is 1. The average Bonchev–Trinajstić information content (AvgIpc) is 2.37. The highest BCUT2D eigenvalue weighted by Gasteiger charge is 2.26. The van der Waals surface area contributed by atoms with Crippen LogP contribution < -0.4 is 10.6 Å². The molecule has 1 aliphatic heterocycles. The van der Waals surface area contributed by atoms with Gasteiger partial charge in [0.15, 0.2) is 0 Å². The van der Waals surface area contributed by atoms with E-state index in [-0.39, 0.29) is 11.9 Å². The predicted molar refractivity (Wildman–Crippen MR) is 75.6 cm³/mol. The third-order valence-corrected chi connectivity index (χ3v) is 3.81. The summed E-state index contributed by atoms with van der Waals surface area (Å²) in [4.78, 5) is 14.3. The average molecular weight is 255 g/mol. The molecule has 1 saturated heterocycles. The molecule has 0 radical (unpaired) electrons. The lowest BCUT2D eigenvalue weighted by Gasteiger charge is -2.36. The number of likely N-dealkylation sites (tertiary alicyclic amines) is 1. The Kier molecular flexibility index (Phi) is 6.65. The first-order chi connectivity index (χ1) is 8.54. The van der Waals surface area contributed by atoms with E-state index in [1.807, 2.05) is 14.0 Å². The molecule has 4 heteroatoms. The summed E-state index contributed by atoms with van der Waals surface area (Å²) < 4.78 is 0. The number of hydrogen-bond donors (Lipinski definition) is 2. The van der Waals surface area contributed by atoms with Gasteiger partial charge in [-0.05, 0) is 45.7 Å². The van der Waals surface area contributed by atoms with Crippen molar-refractivity contribution < 1.29 is 4.79 Å². The van der Waals surface area contributed by atoms with Crippen molar-refractivity contribution in [2.45, 2.75) is 52.1 Å². The number of carbonyl (C=O) groups excluding carboxylic acids is 1. The van der Waals surface area contributed by atoms with E-state index in [4.69, 9.17) is 0 Å². The molecule has 1 rings (SSSR count). The summed E-state index contributed by atoms with van der Waals surface area (Å²) in [6, 6.07) is 0.526. The van der Waals surface area contributed by atoms with Crippen LogP contribution in [0.4, 0.5) is 0 Å². The zero-order valence-corrected chi connectivity index (χ0v) is 12.3. The first-order valence-corrected chi connectivity index (χ1v) is 7.23. The quantitative estimate of drug-likeness (QED) is 0.750. The smallest absolute Gasteiger partial charge is 0.237 e. The molecule has 0 bridgehead atoms. The summed E-state index contributed by atoms with van der Waals surface area (Å²) in [5.74, 6) is 0.816. The lowest BCUT2D eigenvalue weighted by Crippen LogP contribution is -2.52. The number of amides is 1. The van der Waals surface area contributed by atoms with Gasteiger partial charge in [0.05, 0.1) is 6.04 Å². The van der Waals surface area contributed by atoms with Crippen LogP contribution in [-0.4, -0.2) is 49.6 Å². The summed E-state index contributed by atoms with van der Waals surface area (Å²) in [6.07, 6.45) is 3.45. The van der Waals surface area contributed by atoms with Crippen LogP contribution in [0.3, 0.4) is 0 Å². The third-order valence-electron chi connectivity index (χ3n) is 3.81. The first kappa shape index (κ1) is 15.4. The highest BCUT2D eigenvalue weighted by molar-refractivity contribution is 5.81. The predicted octanol–water partition coefficient (Wildman–Crippen LogP) is 1.22. The summed E-state index contributed by atoms with van der Waals surface area (Å²) in [5.41, 5.74) is 0. The minimum Gasteiger partial charge on any atom is -0.355 e. The Bertz CT molecular complexity index is 255. The zero-order chi connectivity index (χ0) is 13.5. The van der Waals surface area contributed by atoms with Crippen LogP contribution in [0.25, 0.3) is 0 Å². The number of nitrogens with one attached hydrogen (secondary N) is 2. The van der Waals surface area contributed by atoms with Gasteiger partial charge < -0.3 is 10.6 Å². The molecule has 0 aliphatic carbocycles. The number of likely N-dealkylation sites (N-methyl/N-ethyl adjacent to an activating group) is 1. The lowest BCUT2D eigenvalue weighted by atomic mass is 10.0. The van der Waals surface area contributed by atoms with Gasteiger partial charge in [0.1, 0.15) is 0 Å². The summed E-state index contributed by atoms with van der Waals surface area (Å²) in [6.45, 7) is 9.19. The number of piperidine rings is 1. The maximum atomic E-state index is 12.0. The molecule has 18 heavy (non-hydrogen) atoms. The van der Waals surface area contributed by atoms with E-state index in [2.05, 4.69) is 29.4 Å². The van der Waals surface area contributed by atoms with E-state index < -0.39 is 0 Å². The van der Waals surface area contributed by atoms with Crippen LogP contribution in [0.5, 0.6) is 0 Å². The van der Waals surface area contributed by atoms with E-state index >= 15 is 0 Å². The molecule has 0 aromatic rings. The van der Waals surface area contributed by atoms with Crippen LogP contribution in [0.1, 0.15) is 40.0 Å². The van der Waals surface area contributed by atoms with Gasteiger partial charge in [0, 0.05) is 19.1 Å². The number of nitrogens with zero attached hydrogens (tertiary/aromatic N) is 1. The van der Waals surface area contributed by atoms with Crippen molar-refractivity contribution in [2.24, 2.45) is 5.92 Å². The summed E-state index contributed by atoms with van der Waals surface area (Å²) in [7, 11) is 2.00.